The molecule has 76 valence electrons. The van der Waals surface area contributed by atoms with Crippen molar-refractivity contribution >= 4 is 22.8 Å². The number of aromatic nitrogens is 3. The quantitative estimate of drug-likeness (QED) is 0.721. The van der Waals surface area contributed by atoms with E-state index in [1.165, 1.54) is 0 Å². The Morgan fingerprint density at radius 3 is 2.75 bits per heavy atom. The summed E-state index contributed by atoms with van der Waals surface area (Å²) in [5.74, 6) is 2.92. The number of fused-ring (bicyclic) bond motifs is 1. The third-order valence-corrected chi connectivity index (χ3v) is 2.47. The molecule has 0 spiro atoms. The first-order valence-corrected chi connectivity index (χ1v) is 4.80. The van der Waals surface area contributed by atoms with E-state index in [-0.39, 0.29) is 0 Å². The van der Waals surface area contributed by atoms with Gasteiger partial charge in [-0.2, -0.15) is 0 Å². The maximum Gasteiger partial charge on any atom is 0.207 e. The summed E-state index contributed by atoms with van der Waals surface area (Å²) in [5.41, 5.74) is 8.84. The van der Waals surface area contributed by atoms with Gasteiger partial charge < -0.3 is 5.73 Å². The SMILES string of the molecule is C#Cc1ccc2nc(N)n(C3=CC=C3)c2n1. The zero-order valence-corrected chi connectivity index (χ0v) is 8.38. The molecule has 1 aliphatic carbocycles. The molecule has 0 aliphatic heterocycles. The van der Waals surface area contributed by atoms with Crippen LogP contribution in [0.5, 0.6) is 0 Å². The summed E-state index contributed by atoms with van der Waals surface area (Å²) < 4.78 is 1.79. The molecule has 2 N–H and O–H groups in total. The van der Waals surface area contributed by atoms with Crippen LogP contribution in [0.15, 0.2) is 30.4 Å². The number of hydrogen-bond donors (Lipinski definition) is 1. The molecular weight excluding hydrogens is 200 g/mol. The second-order valence-corrected chi connectivity index (χ2v) is 3.44. The smallest absolute Gasteiger partial charge is 0.207 e. The number of imidazole rings is 1. The van der Waals surface area contributed by atoms with Gasteiger partial charge in [0.15, 0.2) is 5.65 Å². The summed E-state index contributed by atoms with van der Waals surface area (Å²) in [7, 11) is 0. The van der Waals surface area contributed by atoms with Crippen LogP contribution in [0.1, 0.15) is 5.69 Å². The predicted octanol–water partition coefficient (Wildman–Crippen LogP) is 1.41. The third-order valence-electron chi connectivity index (χ3n) is 2.47. The van der Waals surface area contributed by atoms with E-state index in [0.29, 0.717) is 17.3 Å². The van der Waals surface area contributed by atoms with E-state index in [9.17, 15) is 0 Å². The lowest BCUT2D eigenvalue weighted by Gasteiger charge is -2.10. The zero-order chi connectivity index (χ0) is 11.1. The van der Waals surface area contributed by atoms with Gasteiger partial charge in [0.05, 0.1) is 5.70 Å². The Kier molecular flexibility index (Phi) is 1.62. The minimum Gasteiger partial charge on any atom is -0.369 e. The number of anilines is 1. The second-order valence-electron chi connectivity index (χ2n) is 3.44. The van der Waals surface area contributed by atoms with Gasteiger partial charge in [-0.15, -0.1) is 6.42 Å². The van der Waals surface area contributed by atoms with Crippen LogP contribution in [0.3, 0.4) is 0 Å². The van der Waals surface area contributed by atoms with Crippen LogP contribution < -0.4 is 5.73 Å². The summed E-state index contributed by atoms with van der Waals surface area (Å²) >= 11 is 0. The number of nitrogens with zero attached hydrogens (tertiary/aromatic N) is 3. The van der Waals surface area contributed by atoms with Crippen molar-refractivity contribution < 1.29 is 0 Å². The van der Waals surface area contributed by atoms with Crippen molar-refractivity contribution in [3.8, 4) is 12.3 Å². The fourth-order valence-corrected chi connectivity index (χ4v) is 1.64. The highest BCUT2D eigenvalue weighted by Crippen LogP contribution is 2.24. The molecule has 0 saturated heterocycles. The highest BCUT2D eigenvalue weighted by molar-refractivity contribution is 5.84. The van der Waals surface area contributed by atoms with Crippen molar-refractivity contribution in [3.63, 3.8) is 0 Å². The lowest BCUT2D eigenvalue weighted by Crippen LogP contribution is -2.04. The fourth-order valence-electron chi connectivity index (χ4n) is 1.64. The minimum absolute atomic E-state index is 0.423. The summed E-state index contributed by atoms with van der Waals surface area (Å²) in [6.45, 7) is 0. The molecule has 0 radical (unpaired) electrons. The summed E-state index contributed by atoms with van der Waals surface area (Å²) in [6, 6.07) is 3.58. The topological polar surface area (TPSA) is 56.7 Å². The third kappa shape index (κ3) is 1.06. The lowest BCUT2D eigenvalue weighted by molar-refractivity contribution is 1.11. The molecule has 0 amide bonds. The highest BCUT2D eigenvalue weighted by atomic mass is 15.2. The minimum atomic E-state index is 0.423. The van der Waals surface area contributed by atoms with Gasteiger partial charge in [0, 0.05) is 0 Å². The molecule has 4 heteroatoms. The van der Waals surface area contributed by atoms with E-state index < -0.39 is 0 Å². The van der Waals surface area contributed by atoms with Crippen LogP contribution in [0.2, 0.25) is 0 Å². The van der Waals surface area contributed by atoms with E-state index in [2.05, 4.69) is 15.9 Å². The van der Waals surface area contributed by atoms with Crippen LogP contribution in [0, 0.1) is 12.3 Å². The molecule has 2 aromatic heterocycles. The number of terminal acetylenes is 1. The largest absolute Gasteiger partial charge is 0.369 e. The molecule has 0 bridgehead atoms. The lowest BCUT2D eigenvalue weighted by atomic mass is 10.2. The van der Waals surface area contributed by atoms with Gasteiger partial charge in [-0.25, -0.2) is 9.97 Å². The Labute approximate surface area is 92.1 Å². The van der Waals surface area contributed by atoms with E-state index in [0.717, 1.165) is 11.2 Å². The first kappa shape index (κ1) is 8.74. The van der Waals surface area contributed by atoms with Gasteiger partial charge in [0.25, 0.3) is 0 Å². The van der Waals surface area contributed by atoms with E-state index >= 15 is 0 Å². The molecule has 4 nitrogen and oxygen atoms in total. The zero-order valence-electron chi connectivity index (χ0n) is 8.38. The molecule has 0 saturated carbocycles. The van der Waals surface area contributed by atoms with Gasteiger partial charge >= 0.3 is 0 Å². The Morgan fingerprint density at radius 1 is 1.31 bits per heavy atom. The Balaban J connectivity index is 2.33. The van der Waals surface area contributed by atoms with Crippen LogP contribution >= 0.6 is 0 Å². The van der Waals surface area contributed by atoms with Crippen molar-refractivity contribution in [1.29, 1.82) is 0 Å². The molecule has 16 heavy (non-hydrogen) atoms. The van der Waals surface area contributed by atoms with Crippen molar-refractivity contribution in [2.24, 2.45) is 0 Å². The van der Waals surface area contributed by atoms with Crippen LogP contribution in [-0.4, -0.2) is 14.5 Å². The number of hydrogen-bond acceptors (Lipinski definition) is 3. The molecule has 0 aromatic carbocycles. The second kappa shape index (κ2) is 2.97. The molecule has 1 aliphatic rings. The van der Waals surface area contributed by atoms with Gasteiger partial charge in [0.1, 0.15) is 11.2 Å². The first-order chi connectivity index (χ1) is 7.79. The molecule has 0 atom stereocenters. The number of pyridine rings is 1. The maximum absolute atomic E-state index is 5.84. The van der Waals surface area contributed by atoms with Crippen LogP contribution in [0.4, 0.5) is 5.95 Å². The van der Waals surface area contributed by atoms with Crippen LogP contribution in [0.25, 0.3) is 16.9 Å². The van der Waals surface area contributed by atoms with Gasteiger partial charge in [0.2, 0.25) is 5.95 Å². The molecule has 2 aromatic rings. The fraction of sp³-hybridized carbons (Fsp3) is 0. The first-order valence-electron chi connectivity index (χ1n) is 4.80. The average molecular weight is 208 g/mol. The van der Waals surface area contributed by atoms with Crippen molar-refractivity contribution in [3.05, 3.63) is 36.1 Å². The highest BCUT2D eigenvalue weighted by Gasteiger charge is 2.13. The maximum atomic E-state index is 5.84. The van der Waals surface area contributed by atoms with Gasteiger partial charge in [-0.1, -0.05) is 12.0 Å². The molecule has 0 fully saturated rings. The summed E-state index contributed by atoms with van der Waals surface area (Å²) in [4.78, 5) is 8.55. The number of nitrogens with two attached hydrogens (primary N) is 1. The van der Waals surface area contributed by atoms with Crippen molar-refractivity contribution in [2.45, 2.75) is 0 Å². The standard InChI is InChI=1S/C12H8N4/c1-2-8-6-7-10-11(14-8)16(12(13)15-10)9-4-3-5-9/h1,3-7H,(H2,13,15). The van der Waals surface area contributed by atoms with E-state index in [1.54, 1.807) is 10.6 Å². The van der Waals surface area contributed by atoms with E-state index in [4.69, 9.17) is 12.2 Å². The molecular formula is C12H8N4. The van der Waals surface area contributed by atoms with E-state index in [1.807, 2.05) is 24.3 Å². The predicted molar refractivity (Wildman–Crippen MR) is 63.3 cm³/mol. The summed E-state index contributed by atoms with van der Waals surface area (Å²) in [5, 5.41) is 0. The number of allylic oxidation sites excluding steroid dienone is 4. The Morgan fingerprint density at radius 2 is 2.12 bits per heavy atom. The van der Waals surface area contributed by atoms with Crippen molar-refractivity contribution in [1.82, 2.24) is 14.5 Å². The van der Waals surface area contributed by atoms with Gasteiger partial charge in [-0.3, -0.25) is 4.57 Å². The number of nitrogen functional groups attached to an aromatic ring is 1. The van der Waals surface area contributed by atoms with Crippen LogP contribution in [-0.2, 0) is 0 Å². The molecule has 0 unspecified atom stereocenters. The normalized spacial score (nSPS) is 13.3. The Bertz CT molecular complexity index is 683. The molecule has 3 rings (SSSR count). The summed E-state index contributed by atoms with van der Waals surface area (Å²) in [6.07, 6.45) is 11.1. The van der Waals surface area contributed by atoms with Gasteiger partial charge in [-0.05, 0) is 24.3 Å². The monoisotopic (exact) mass is 208 g/mol. The Hall–Kier alpha value is -2.54. The number of rotatable bonds is 1. The van der Waals surface area contributed by atoms with Crippen molar-refractivity contribution in [2.75, 3.05) is 5.73 Å². The average Bonchev–Trinajstić information content (AvgIpc) is 2.53. The molecule has 2 heterocycles.